The second-order valence-corrected chi connectivity index (χ2v) is 6.56. The molecule has 3 nitrogen and oxygen atoms in total. The third-order valence-corrected chi connectivity index (χ3v) is 4.39. The third kappa shape index (κ3) is 4.98. The molecule has 0 fully saturated rings. The Morgan fingerprint density at radius 2 is 1.96 bits per heavy atom. The molecule has 2 rings (SSSR count). The molecule has 0 aliphatic carbocycles. The number of nitrogens with one attached hydrogen (secondary N) is 1. The van der Waals surface area contributed by atoms with Gasteiger partial charge in [0, 0.05) is 16.7 Å². The van der Waals surface area contributed by atoms with Gasteiger partial charge in [0.05, 0.1) is 11.5 Å². The van der Waals surface area contributed by atoms with E-state index >= 15 is 0 Å². The molecule has 0 saturated heterocycles. The smallest absolute Gasteiger partial charge is 0.398 e. The van der Waals surface area contributed by atoms with Crippen LogP contribution in [0.4, 0.5) is 18.9 Å². The van der Waals surface area contributed by atoms with Crippen LogP contribution in [0.3, 0.4) is 0 Å². The third-order valence-electron chi connectivity index (χ3n) is 3.90. The average Bonchev–Trinajstić information content (AvgIpc) is 2.53. The van der Waals surface area contributed by atoms with E-state index in [0.29, 0.717) is 6.42 Å². The summed E-state index contributed by atoms with van der Waals surface area (Å²) < 4.78 is 39.3. The molecular formula is C18H18BrF3N2O. The number of carbonyl (C=O) groups excluding carboxylic acids is 1. The topological polar surface area (TPSA) is 55.1 Å². The molecule has 0 spiro atoms. The summed E-state index contributed by atoms with van der Waals surface area (Å²) >= 11 is 3.37. The van der Waals surface area contributed by atoms with Gasteiger partial charge in [0.15, 0.2) is 0 Å². The molecule has 2 aromatic rings. The van der Waals surface area contributed by atoms with Crippen LogP contribution in [0, 0.1) is 0 Å². The predicted molar refractivity (Wildman–Crippen MR) is 94.9 cm³/mol. The van der Waals surface area contributed by atoms with Crippen LogP contribution in [0.25, 0.3) is 0 Å². The highest BCUT2D eigenvalue weighted by Crippen LogP contribution is 2.31. The Balaban J connectivity index is 2.13. The van der Waals surface area contributed by atoms with E-state index in [-0.39, 0.29) is 29.6 Å². The summed E-state index contributed by atoms with van der Waals surface area (Å²) in [4.78, 5) is 12.5. The Morgan fingerprint density at radius 3 is 2.56 bits per heavy atom. The maximum atomic E-state index is 12.8. The van der Waals surface area contributed by atoms with Gasteiger partial charge in [-0.3, -0.25) is 4.79 Å². The Bertz CT molecular complexity index is 762. The van der Waals surface area contributed by atoms with E-state index in [1.807, 2.05) is 31.2 Å². The maximum absolute atomic E-state index is 12.8. The lowest BCUT2D eigenvalue weighted by Crippen LogP contribution is -2.29. The molecule has 0 heterocycles. The van der Waals surface area contributed by atoms with E-state index in [9.17, 15) is 18.0 Å². The Hall–Kier alpha value is -2.02. The summed E-state index contributed by atoms with van der Waals surface area (Å²) in [7, 11) is 0. The van der Waals surface area contributed by atoms with Gasteiger partial charge >= 0.3 is 6.18 Å². The normalized spacial score (nSPS) is 12.7. The number of halogens is 4. The van der Waals surface area contributed by atoms with Crippen LogP contribution in [0.15, 0.2) is 46.9 Å². The van der Waals surface area contributed by atoms with Crippen molar-refractivity contribution in [3.8, 4) is 0 Å². The molecule has 7 heteroatoms. The number of alkyl halides is 3. The van der Waals surface area contributed by atoms with Crippen LogP contribution in [-0.4, -0.2) is 5.91 Å². The van der Waals surface area contributed by atoms with Crippen LogP contribution in [0.1, 0.15) is 36.0 Å². The number of nitrogen functional groups attached to an aromatic ring is 1. The lowest BCUT2D eigenvalue weighted by molar-refractivity contribution is -0.137. The lowest BCUT2D eigenvalue weighted by Gasteiger charge is -2.17. The minimum absolute atomic E-state index is 0.0565. The van der Waals surface area contributed by atoms with Crippen molar-refractivity contribution in [2.24, 2.45) is 0 Å². The van der Waals surface area contributed by atoms with Gasteiger partial charge in [0.25, 0.3) is 0 Å². The standard InChI is InChI=1S/C18H18BrF3N2O/c1-2-15(11-4-3-5-14(19)9-11)17(25)24-10-12-8-13(18(20,21)22)6-7-16(12)23/h3-9,15H,2,10,23H2,1H3,(H,24,25). The summed E-state index contributed by atoms with van der Waals surface area (Å²) in [6.45, 7) is 1.82. The number of carbonyl (C=O) groups is 1. The van der Waals surface area contributed by atoms with Gasteiger partial charge in [-0.1, -0.05) is 35.0 Å². The summed E-state index contributed by atoms with van der Waals surface area (Å²) in [6.07, 6.45) is -3.88. The molecule has 0 saturated carbocycles. The van der Waals surface area contributed by atoms with E-state index in [2.05, 4.69) is 21.2 Å². The highest BCUT2D eigenvalue weighted by Gasteiger charge is 2.31. The van der Waals surface area contributed by atoms with Crippen molar-refractivity contribution in [3.05, 3.63) is 63.6 Å². The molecule has 1 atom stereocenters. The number of benzene rings is 2. The molecule has 0 bridgehead atoms. The minimum Gasteiger partial charge on any atom is -0.398 e. The van der Waals surface area contributed by atoms with Crippen LogP contribution < -0.4 is 11.1 Å². The average molecular weight is 415 g/mol. The molecule has 1 amide bonds. The molecular weight excluding hydrogens is 397 g/mol. The first-order valence-electron chi connectivity index (χ1n) is 7.71. The van der Waals surface area contributed by atoms with Gasteiger partial charge in [-0.05, 0) is 47.9 Å². The summed E-state index contributed by atoms with van der Waals surface area (Å²) in [6, 6.07) is 10.5. The fourth-order valence-corrected chi connectivity index (χ4v) is 2.95. The van der Waals surface area contributed by atoms with Crippen molar-refractivity contribution in [2.45, 2.75) is 32.0 Å². The number of rotatable bonds is 5. The fourth-order valence-electron chi connectivity index (χ4n) is 2.54. The van der Waals surface area contributed by atoms with Gasteiger partial charge < -0.3 is 11.1 Å². The second-order valence-electron chi connectivity index (χ2n) is 5.64. The molecule has 134 valence electrons. The predicted octanol–water partition coefficient (Wildman–Crippen LogP) is 4.86. The SMILES string of the molecule is CCC(C(=O)NCc1cc(C(F)(F)F)ccc1N)c1cccc(Br)c1. The monoisotopic (exact) mass is 414 g/mol. The zero-order valence-corrected chi connectivity index (χ0v) is 15.1. The molecule has 0 aromatic heterocycles. The fraction of sp³-hybridized carbons (Fsp3) is 0.278. The highest BCUT2D eigenvalue weighted by atomic mass is 79.9. The van der Waals surface area contributed by atoms with Gasteiger partial charge in [-0.25, -0.2) is 0 Å². The first kappa shape index (κ1) is 19.3. The molecule has 2 aromatic carbocycles. The number of amides is 1. The molecule has 0 aliphatic heterocycles. The zero-order chi connectivity index (χ0) is 18.6. The second kappa shape index (κ2) is 7.91. The van der Waals surface area contributed by atoms with Crippen molar-refractivity contribution in [1.82, 2.24) is 5.32 Å². The molecule has 25 heavy (non-hydrogen) atoms. The van der Waals surface area contributed by atoms with Crippen molar-refractivity contribution in [2.75, 3.05) is 5.73 Å². The Labute approximate surface area is 152 Å². The van der Waals surface area contributed by atoms with Gasteiger partial charge in [-0.15, -0.1) is 0 Å². The van der Waals surface area contributed by atoms with E-state index in [0.717, 1.165) is 22.2 Å². The first-order chi connectivity index (χ1) is 11.7. The van der Waals surface area contributed by atoms with Gasteiger partial charge in [0.2, 0.25) is 5.91 Å². The van der Waals surface area contributed by atoms with Gasteiger partial charge in [-0.2, -0.15) is 13.2 Å². The molecule has 0 radical (unpaired) electrons. The largest absolute Gasteiger partial charge is 0.416 e. The van der Waals surface area contributed by atoms with Crippen molar-refractivity contribution >= 4 is 27.5 Å². The van der Waals surface area contributed by atoms with Crippen molar-refractivity contribution < 1.29 is 18.0 Å². The van der Waals surface area contributed by atoms with Crippen LogP contribution in [0.5, 0.6) is 0 Å². The summed E-state index contributed by atoms with van der Waals surface area (Å²) in [5, 5.41) is 2.69. The number of nitrogens with two attached hydrogens (primary N) is 1. The number of anilines is 1. The van der Waals surface area contributed by atoms with Crippen molar-refractivity contribution in [3.63, 3.8) is 0 Å². The molecule has 1 unspecified atom stereocenters. The van der Waals surface area contributed by atoms with Crippen LogP contribution in [0.2, 0.25) is 0 Å². The summed E-state index contributed by atoms with van der Waals surface area (Å²) in [5.41, 5.74) is 6.24. The Kier molecular flexibility index (Phi) is 6.11. The molecule has 0 aliphatic rings. The minimum atomic E-state index is -4.45. The van der Waals surface area contributed by atoms with E-state index in [4.69, 9.17) is 5.73 Å². The van der Waals surface area contributed by atoms with Gasteiger partial charge in [0.1, 0.15) is 0 Å². The lowest BCUT2D eigenvalue weighted by atomic mass is 9.95. The summed E-state index contributed by atoms with van der Waals surface area (Å²) in [5.74, 6) is -0.637. The highest BCUT2D eigenvalue weighted by molar-refractivity contribution is 9.10. The quantitative estimate of drug-likeness (QED) is 0.686. The van der Waals surface area contributed by atoms with E-state index in [1.165, 1.54) is 6.07 Å². The van der Waals surface area contributed by atoms with Crippen LogP contribution in [-0.2, 0) is 17.5 Å². The Morgan fingerprint density at radius 1 is 1.24 bits per heavy atom. The van der Waals surface area contributed by atoms with Crippen molar-refractivity contribution in [1.29, 1.82) is 0 Å². The first-order valence-corrected chi connectivity index (χ1v) is 8.50. The molecule has 3 N–H and O–H groups in total. The number of hydrogen-bond donors (Lipinski definition) is 2. The maximum Gasteiger partial charge on any atom is 0.416 e. The zero-order valence-electron chi connectivity index (χ0n) is 13.5. The van der Waals surface area contributed by atoms with E-state index in [1.54, 1.807) is 0 Å². The van der Waals surface area contributed by atoms with E-state index < -0.39 is 11.7 Å². The van der Waals surface area contributed by atoms with Crippen LogP contribution >= 0.6 is 15.9 Å². The number of hydrogen-bond acceptors (Lipinski definition) is 2.